The largest absolute Gasteiger partial charge is 0.465 e. The molecule has 0 aromatic heterocycles. The predicted octanol–water partition coefficient (Wildman–Crippen LogP) is 3.84. The van der Waals surface area contributed by atoms with Crippen LogP contribution in [0.3, 0.4) is 0 Å². The summed E-state index contributed by atoms with van der Waals surface area (Å²) in [7, 11) is 0. The van der Waals surface area contributed by atoms with E-state index >= 15 is 0 Å². The second kappa shape index (κ2) is 4.23. The van der Waals surface area contributed by atoms with Crippen molar-refractivity contribution >= 4 is 27.7 Å². The molecule has 15 heavy (non-hydrogen) atoms. The summed E-state index contributed by atoms with van der Waals surface area (Å²) in [6.45, 7) is 6.33. The van der Waals surface area contributed by atoms with Crippen molar-refractivity contribution < 1.29 is 9.90 Å². The molecule has 0 atom stereocenters. The molecular weight excluding hydrogens is 258 g/mol. The number of carbonyl (C=O) groups is 1. The Bertz CT molecular complexity index is 383. The quantitative estimate of drug-likeness (QED) is 0.816. The number of benzene rings is 1. The molecule has 0 aliphatic carbocycles. The molecule has 0 radical (unpaired) electrons. The molecule has 0 fully saturated rings. The molecule has 0 unspecified atom stereocenters. The SMILES string of the molecule is CC(C)(C)c1ccc(NC(=O)O)c(Br)c1. The van der Waals surface area contributed by atoms with Gasteiger partial charge >= 0.3 is 6.09 Å². The molecule has 0 bridgehead atoms. The minimum Gasteiger partial charge on any atom is -0.465 e. The van der Waals surface area contributed by atoms with Crippen molar-refractivity contribution in [1.82, 2.24) is 0 Å². The summed E-state index contributed by atoms with van der Waals surface area (Å²) in [4.78, 5) is 10.5. The Morgan fingerprint density at radius 1 is 1.40 bits per heavy atom. The predicted molar refractivity (Wildman–Crippen MR) is 64.5 cm³/mol. The number of anilines is 1. The van der Waals surface area contributed by atoms with Gasteiger partial charge in [0.1, 0.15) is 0 Å². The molecule has 3 nitrogen and oxygen atoms in total. The fourth-order valence-corrected chi connectivity index (χ4v) is 1.68. The van der Waals surface area contributed by atoms with Crippen molar-refractivity contribution in [2.75, 3.05) is 5.32 Å². The third-order valence-electron chi connectivity index (χ3n) is 2.08. The number of nitrogens with one attached hydrogen (secondary N) is 1. The number of carboxylic acid groups (broad SMARTS) is 1. The fourth-order valence-electron chi connectivity index (χ4n) is 1.20. The third-order valence-corrected chi connectivity index (χ3v) is 2.73. The monoisotopic (exact) mass is 271 g/mol. The summed E-state index contributed by atoms with van der Waals surface area (Å²) in [6.07, 6.45) is -1.06. The molecule has 1 amide bonds. The molecule has 0 saturated heterocycles. The summed E-state index contributed by atoms with van der Waals surface area (Å²) in [5, 5.41) is 10.9. The van der Waals surface area contributed by atoms with Gasteiger partial charge < -0.3 is 5.11 Å². The van der Waals surface area contributed by atoms with Gasteiger partial charge in [-0.25, -0.2) is 4.79 Å². The van der Waals surface area contributed by atoms with Gasteiger partial charge in [-0.05, 0) is 39.0 Å². The van der Waals surface area contributed by atoms with Crippen LogP contribution in [0.15, 0.2) is 22.7 Å². The smallest absolute Gasteiger partial charge is 0.409 e. The third kappa shape index (κ3) is 3.23. The molecule has 0 aliphatic heterocycles. The van der Waals surface area contributed by atoms with Gasteiger partial charge in [0.15, 0.2) is 0 Å². The lowest BCUT2D eigenvalue weighted by molar-refractivity contribution is 0.209. The maximum absolute atomic E-state index is 10.5. The lowest BCUT2D eigenvalue weighted by Gasteiger charge is -2.20. The van der Waals surface area contributed by atoms with Crippen molar-refractivity contribution in [3.8, 4) is 0 Å². The van der Waals surface area contributed by atoms with Gasteiger partial charge in [-0.2, -0.15) is 0 Å². The zero-order chi connectivity index (χ0) is 11.6. The van der Waals surface area contributed by atoms with Crippen LogP contribution in [0.1, 0.15) is 26.3 Å². The lowest BCUT2D eigenvalue weighted by Crippen LogP contribution is -2.12. The normalized spacial score (nSPS) is 11.2. The first-order valence-corrected chi connectivity index (χ1v) is 5.40. The Labute approximate surface area is 97.6 Å². The van der Waals surface area contributed by atoms with E-state index in [1.807, 2.05) is 12.1 Å². The van der Waals surface area contributed by atoms with Crippen molar-refractivity contribution in [3.63, 3.8) is 0 Å². The molecule has 1 aromatic carbocycles. The first-order chi connectivity index (χ1) is 6.80. The molecule has 2 N–H and O–H groups in total. The fraction of sp³-hybridized carbons (Fsp3) is 0.364. The van der Waals surface area contributed by atoms with E-state index in [-0.39, 0.29) is 5.41 Å². The van der Waals surface area contributed by atoms with E-state index in [0.717, 1.165) is 10.0 Å². The molecule has 0 saturated carbocycles. The molecule has 4 heteroatoms. The topological polar surface area (TPSA) is 49.3 Å². The van der Waals surface area contributed by atoms with Crippen LogP contribution in [0, 0.1) is 0 Å². The second-order valence-corrected chi connectivity index (χ2v) is 5.23. The molecular formula is C11H14BrNO2. The van der Waals surface area contributed by atoms with Gasteiger partial charge in [-0.15, -0.1) is 0 Å². The Hall–Kier alpha value is -1.03. The Kier molecular flexibility index (Phi) is 3.39. The highest BCUT2D eigenvalue weighted by molar-refractivity contribution is 9.10. The van der Waals surface area contributed by atoms with Gasteiger partial charge in [0.25, 0.3) is 0 Å². The van der Waals surface area contributed by atoms with Crippen LogP contribution in [0.5, 0.6) is 0 Å². The molecule has 0 spiro atoms. The van der Waals surface area contributed by atoms with Crippen LogP contribution < -0.4 is 5.32 Å². The average molecular weight is 272 g/mol. The van der Waals surface area contributed by atoms with Crippen LogP contribution in [0.25, 0.3) is 0 Å². The highest BCUT2D eigenvalue weighted by Crippen LogP contribution is 2.29. The number of hydrogen-bond acceptors (Lipinski definition) is 1. The molecule has 1 aromatic rings. The number of halogens is 1. The van der Waals surface area contributed by atoms with Gasteiger partial charge in [0, 0.05) is 4.47 Å². The van der Waals surface area contributed by atoms with E-state index in [0.29, 0.717) is 5.69 Å². The highest BCUT2D eigenvalue weighted by Gasteiger charge is 2.15. The summed E-state index contributed by atoms with van der Waals surface area (Å²) < 4.78 is 0.761. The van der Waals surface area contributed by atoms with E-state index in [9.17, 15) is 4.79 Å². The number of amides is 1. The van der Waals surface area contributed by atoms with Crippen molar-refractivity contribution in [1.29, 1.82) is 0 Å². The molecule has 82 valence electrons. The molecule has 0 aliphatic rings. The number of rotatable bonds is 1. The number of hydrogen-bond donors (Lipinski definition) is 2. The van der Waals surface area contributed by atoms with Gasteiger partial charge in [-0.3, -0.25) is 5.32 Å². The van der Waals surface area contributed by atoms with Gasteiger partial charge in [-0.1, -0.05) is 26.8 Å². The second-order valence-electron chi connectivity index (χ2n) is 4.37. The minimum atomic E-state index is -1.06. The Morgan fingerprint density at radius 2 is 2.00 bits per heavy atom. The average Bonchev–Trinajstić information content (AvgIpc) is 2.05. The van der Waals surface area contributed by atoms with Crippen molar-refractivity contribution in [3.05, 3.63) is 28.2 Å². The van der Waals surface area contributed by atoms with Crippen LogP contribution in [0.2, 0.25) is 0 Å². The lowest BCUT2D eigenvalue weighted by atomic mass is 9.87. The highest BCUT2D eigenvalue weighted by atomic mass is 79.9. The molecule has 1 rings (SSSR count). The maximum Gasteiger partial charge on any atom is 0.409 e. The van der Waals surface area contributed by atoms with Crippen LogP contribution in [0.4, 0.5) is 10.5 Å². The van der Waals surface area contributed by atoms with E-state index in [1.54, 1.807) is 6.07 Å². The van der Waals surface area contributed by atoms with Crippen LogP contribution in [-0.4, -0.2) is 11.2 Å². The first-order valence-electron chi connectivity index (χ1n) is 4.60. The first kappa shape index (κ1) is 12.0. The van der Waals surface area contributed by atoms with Gasteiger partial charge in [0.2, 0.25) is 0 Å². The summed E-state index contributed by atoms with van der Waals surface area (Å²) in [5.74, 6) is 0. The molecule has 0 heterocycles. The summed E-state index contributed by atoms with van der Waals surface area (Å²) >= 11 is 3.34. The van der Waals surface area contributed by atoms with E-state index in [2.05, 4.69) is 42.0 Å². The standard InChI is InChI=1S/C11H14BrNO2/c1-11(2,3)7-4-5-9(8(12)6-7)13-10(14)15/h4-6,13H,1-3H3,(H,14,15). The maximum atomic E-state index is 10.5. The van der Waals surface area contributed by atoms with Crippen LogP contribution in [-0.2, 0) is 5.41 Å². The zero-order valence-corrected chi connectivity index (χ0v) is 10.6. The zero-order valence-electron chi connectivity index (χ0n) is 8.97. The van der Waals surface area contributed by atoms with Gasteiger partial charge in [0.05, 0.1) is 5.69 Å². The minimum absolute atomic E-state index is 0.0598. The Morgan fingerprint density at radius 3 is 2.40 bits per heavy atom. The van der Waals surface area contributed by atoms with Crippen molar-refractivity contribution in [2.45, 2.75) is 26.2 Å². The summed E-state index contributed by atoms with van der Waals surface area (Å²) in [6, 6.07) is 5.63. The van der Waals surface area contributed by atoms with E-state index in [1.165, 1.54) is 0 Å². The summed E-state index contributed by atoms with van der Waals surface area (Å²) in [5.41, 5.74) is 1.78. The van der Waals surface area contributed by atoms with Crippen molar-refractivity contribution in [2.24, 2.45) is 0 Å². The van der Waals surface area contributed by atoms with Crippen LogP contribution >= 0.6 is 15.9 Å². The van der Waals surface area contributed by atoms with E-state index < -0.39 is 6.09 Å². The van der Waals surface area contributed by atoms with E-state index in [4.69, 9.17) is 5.11 Å². The Balaban J connectivity index is 3.03.